The lowest BCUT2D eigenvalue weighted by molar-refractivity contribution is -0.140. The summed E-state index contributed by atoms with van der Waals surface area (Å²) in [6, 6.07) is 10.4. The number of nitrogens with zero attached hydrogens (tertiary/aromatic N) is 2. The normalized spacial score (nSPS) is 31.8. The van der Waals surface area contributed by atoms with Gasteiger partial charge in [-0.1, -0.05) is 24.3 Å². The maximum Gasteiger partial charge on any atom is 0.338 e. The number of carbonyl (C=O) groups excluding carboxylic acids is 3. The second kappa shape index (κ2) is 7.02. The molecule has 6 atom stereocenters. The zero-order valence-corrected chi connectivity index (χ0v) is 17.5. The Morgan fingerprint density at radius 3 is 2.34 bits per heavy atom. The van der Waals surface area contributed by atoms with E-state index in [9.17, 15) is 14.4 Å². The first-order valence-corrected chi connectivity index (χ1v) is 11.0. The smallest absolute Gasteiger partial charge is 0.338 e. The first-order valence-electron chi connectivity index (χ1n) is 11.0. The van der Waals surface area contributed by atoms with E-state index in [1.54, 1.807) is 43.3 Å². The van der Waals surface area contributed by atoms with E-state index in [-0.39, 0.29) is 41.5 Å². The molecular formula is C25H22N2O5. The average molecular weight is 430 g/mol. The Hall–Kier alpha value is -3.48. The fourth-order valence-electron chi connectivity index (χ4n) is 5.73. The summed E-state index contributed by atoms with van der Waals surface area (Å²) in [5, 5.41) is 5.25. The molecule has 0 N–H and O–H groups in total. The minimum absolute atomic E-state index is 0.180. The third kappa shape index (κ3) is 2.80. The van der Waals surface area contributed by atoms with Gasteiger partial charge in [0.2, 0.25) is 0 Å². The number of hydrogen-bond donors (Lipinski definition) is 0. The van der Waals surface area contributed by atoms with Crippen molar-refractivity contribution >= 4 is 24.0 Å². The lowest BCUT2D eigenvalue weighted by Crippen LogP contribution is -2.40. The van der Waals surface area contributed by atoms with E-state index in [2.05, 4.69) is 17.3 Å². The van der Waals surface area contributed by atoms with Crippen LogP contribution in [0.1, 0.15) is 29.5 Å². The van der Waals surface area contributed by atoms with E-state index in [0.717, 1.165) is 17.0 Å². The SMILES string of the molecule is CCOC(=O)c1ccc(-c2ccc(/C=N/N3C(=O)[C@H]4[C@@H]5C=C[C@H]([C@H]6C[C@H]56)[C@@H]4C3=O)o2)cc1. The van der Waals surface area contributed by atoms with Crippen LogP contribution in [0.5, 0.6) is 0 Å². The first kappa shape index (κ1) is 19.2. The molecule has 7 heteroatoms. The summed E-state index contributed by atoms with van der Waals surface area (Å²) in [5.74, 6) is 1.25. The largest absolute Gasteiger partial charge is 0.462 e. The number of allylic oxidation sites excluding steroid dienone is 2. The molecule has 7 rings (SSSR count). The summed E-state index contributed by atoms with van der Waals surface area (Å²) >= 11 is 0. The zero-order chi connectivity index (χ0) is 22.0. The number of amides is 2. The van der Waals surface area contributed by atoms with E-state index >= 15 is 0 Å². The van der Waals surface area contributed by atoms with Crippen LogP contribution in [0.2, 0.25) is 0 Å². The zero-order valence-electron chi connectivity index (χ0n) is 17.5. The number of imide groups is 1. The first-order chi connectivity index (χ1) is 15.6. The van der Waals surface area contributed by atoms with Crippen LogP contribution in [0.3, 0.4) is 0 Å². The van der Waals surface area contributed by atoms with Gasteiger partial charge in [0, 0.05) is 5.56 Å². The summed E-state index contributed by atoms with van der Waals surface area (Å²) < 4.78 is 10.8. The highest BCUT2D eigenvalue weighted by atomic mass is 16.5. The molecule has 2 aromatic rings. The molecule has 32 heavy (non-hydrogen) atoms. The van der Waals surface area contributed by atoms with Crippen LogP contribution in [0.4, 0.5) is 0 Å². The van der Waals surface area contributed by atoms with Crippen molar-refractivity contribution in [1.82, 2.24) is 5.01 Å². The van der Waals surface area contributed by atoms with Crippen LogP contribution in [-0.4, -0.2) is 35.6 Å². The van der Waals surface area contributed by atoms with Crippen LogP contribution >= 0.6 is 0 Å². The molecule has 2 heterocycles. The summed E-state index contributed by atoms with van der Waals surface area (Å²) in [5.41, 5.74) is 1.26. The topological polar surface area (TPSA) is 89.2 Å². The second-order valence-electron chi connectivity index (χ2n) is 8.89. The molecular weight excluding hydrogens is 408 g/mol. The predicted molar refractivity (Wildman–Crippen MR) is 114 cm³/mol. The number of rotatable bonds is 5. The molecule has 4 aliphatic carbocycles. The molecule has 7 nitrogen and oxygen atoms in total. The van der Waals surface area contributed by atoms with Gasteiger partial charge >= 0.3 is 5.97 Å². The van der Waals surface area contributed by atoms with Crippen LogP contribution in [-0.2, 0) is 14.3 Å². The van der Waals surface area contributed by atoms with Crippen molar-refractivity contribution in [3.8, 4) is 11.3 Å². The molecule has 0 spiro atoms. The maximum absolute atomic E-state index is 13.0. The Morgan fingerprint density at radius 2 is 1.72 bits per heavy atom. The van der Waals surface area contributed by atoms with E-state index < -0.39 is 0 Å². The lowest BCUT2D eigenvalue weighted by atomic mass is 9.63. The highest BCUT2D eigenvalue weighted by molar-refractivity contribution is 6.06. The number of ether oxygens (including phenoxy) is 1. The van der Waals surface area contributed by atoms with Gasteiger partial charge in [-0.2, -0.15) is 10.1 Å². The second-order valence-corrected chi connectivity index (χ2v) is 8.89. The van der Waals surface area contributed by atoms with Crippen LogP contribution < -0.4 is 0 Å². The standard InChI is InChI=1S/C25H22N2O5/c1-2-31-25(30)14-5-3-13(4-6-14)20-10-7-15(32-20)12-26-27-23(28)21-16-8-9-17(19-11-18(16)19)22(21)24(27)29/h3-10,12,16-19,21-22H,2,11H2,1H3/b26-12+/t16-,17-,18-,19-,21+,22+/m1/s1. The lowest BCUT2D eigenvalue weighted by Gasteiger charge is -2.37. The Bertz CT molecular complexity index is 1140. The number of furan rings is 1. The number of benzene rings is 1. The molecule has 1 aliphatic heterocycles. The quantitative estimate of drug-likeness (QED) is 0.313. The van der Waals surface area contributed by atoms with Gasteiger partial charge < -0.3 is 9.15 Å². The molecule has 162 valence electrons. The van der Waals surface area contributed by atoms with Gasteiger partial charge in [0.1, 0.15) is 11.5 Å². The Labute approximate surface area is 184 Å². The van der Waals surface area contributed by atoms with Gasteiger partial charge in [-0.25, -0.2) is 4.79 Å². The van der Waals surface area contributed by atoms with Crippen molar-refractivity contribution in [3.05, 3.63) is 59.9 Å². The summed E-state index contributed by atoms with van der Waals surface area (Å²) in [7, 11) is 0. The Morgan fingerprint density at radius 1 is 1.06 bits per heavy atom. The molecule has 1 aromatic carbocycles. The molecule has 0 unspecified atom stereocenters. The minimum atomic E-state index is -0.368. The number of hydrogen-bond acceptors (Lipinski definition) is 6. The van der Waals surface area contributed by atoms with Crippen molar-refractivity contribution in [1.29, 1.82) is 0 Å². The molecule has 2 bridgehead atoms. The molecule has 2 saturated carbocycles. The van der Waals surface area contributed by atoms with Crippen molar-refractivity contribution in [2.75, 3.05) is 6.61 Å². The molecule has 2 amide bonds. The third-order valence-corrected chi connectivity index (χ3v) is 7.25. The predicted octanol–water partition coefficient (Wildman–Crippen LogP) is 3.51. The minimum Gasteiger partial charge on any atom is -0.462 e. The maximum atomic E-state index is 13.0. The van der Waals surface area contributed by atoms with E-state index in [1.165, 1.54) is 6.21 Å². The van der Waals surface area contributed by atoms with Crippen molar-refractivity contribution in [2.45, 2.75) is 13.3 Å². The molecule has 5 aliphatic rings. The fraction of sp³-hybridized carbons (Fsp3) is 0.360. The van der Waals surface area contributed by atoms with Gasteiger partial charge in [-0.15, -0.1) is 0 Å². The van der Waals surface area contributed by atoms with Crippen molar-refractivity contribution in [3.63, 3.8) is 0 Å². The highest BCUT2D eigenvalue weighted by Gasteiger charge is 2.67. The van der Waals surface area contributed by atoms with Gasteiger partial charge in [-0.3, -0.25) is 9.59 Å². The van der Waals surface area contributed by atoms with Gasteiger partial charge in [0.25, 0.3) is 11.8 Å². The molecule has 0 radical (unpaired) electrons. The van der Waals surface area contributed by atoms with Crippen molar-refractivity contribution in [2.24, 2.45) is 40.6 Å². The Kier molecular flexibility index (Phi) is 4.22. The van der Waals surface area contributed by atoms with E-state index in [0.29, 0.717) is 35.5 Å². The fourth-order valence-corrected chi connectivity index (χ4v) is 5.73. The number of esters is 1. The van der Waals surface area contributed by atoms with Crippen LogP contribution in [0.15, 0.2) is 58.1 Å². The highest BCUT2D eigenvalue weighted by Crippen LogP contribution is 2.65. The number of carbonyl (C=O) groups is 3. The summed E-state index contributed by atoms with van der Waals surface area (Å²) in [6.07, 6.45) is 6.84. The van der Waals surface area contributed by atoms with E-state index in [1.807, 2.05) is 0 Å². The van der Waals surface area contributed by atoms with Crippen LogP contribution in [0.25, 0.3) is 11.3 Å². The summed E-state index contributed by atoms with van der Waals surface area (Å²) in [4.78, 5) is 37.7. The monoisotopic (exact) mass is 430 g/mol. The van der Waals surface area contributed by atoms with Gasteiger partial charge in [-0.05, 0) is 61.3 Å². The van der Waals surface area contributed by atoms with Crippen molar-refractivity contribution < 1.29 is 23.5 Å². The number of hydrazone groups is 1. The molecule has 1 aromatic heterocycles. The van der Waals surface area contributed by atoms with Crippen LogP contribution in [0, 0.1) is 35.5 Å². The molecule has 3 fully saturated rings. The van der Waals surface area contributed by atoms with E-state index in [4.69, 9.17) is 9.15 Å². The molecule has 1 saturated heterocycles. The Balaban J connectivity index is 1.18. The summed E-state index contributed by atoms with van der Waals surface area (Å²) in [6.45, 7) is 2.09. The van der Waals surface area contributed by atoms with Gasteiger partial charge in [0.15, 0.2) is 0 Å². The average Bonchev–Trinajstić information content (AvgIpc) is 3.45. The van der Waals surface area contributed by atoms with Gasteiger partial charge in [0.05, 0.1) is 30.2 Å². The third-order valence-electron chi connectivity index (χ3n) is 7.25.